The molecule has 2 rings (SSSR count). The van der Waals surface area contributed by atoms with Crippen molar-refractivity contribution in [2.24, 2.45) is 0 Å². The molecule has 0 fully saturated rings. The Hall–Kier alpha value is -2.17. The molecular formula is C15H18FN3O. The topological polar surface area (TPSA) is 61.0 Å². The van der Waals surface area contributed by atoms with Crippen molar-refractivity contribution in [2.75, 3.05) is 12.8 Å². The SMILES string of the molecule is COc1ccc(-c2nc(C)c(C(C)C)c(N)n2)cc1F. The van der Waals surface area contributed by atoms with Crippen molar-refractivity contribution in [3.8, 4) is 17.1 Å². The zero-order chi connectivity index (χ0) is 14.9. The van der Waals surface area contributed by atoms with Gasteiger partial charge in [0.15, 0.2) is 17.4 Å². The summed E-state index contributed by atoms with van der Waals surface area (Å²) in [5.74, 6) is 0.858. The smallest absolute Gasteiger partial charge is 0.165 e. The average Bonchev–Trinajstić information content (AvgIpc) is 2.37. The second kappa shape index (κ2) is 5.45. The van der Waals surface area contributed by atoms with Crippen molar-refractivity contribution in [1.29, 1.82) is 0 Å². The summed E-state index contributed by atoms with van der Waals surface area (Å²) < 4.78 is 18.6. The second-order valence-corrected chi connectivity index (χ2v) is 4.94. The Morgan fingerprint density at radius 1 is 1.25 bits per heavy atom. The number of ether oxygens (including phenoxy) is 1. The van der Waals surface area contributed by atoms with Crippen LogP contribution in [0.2, 0.25) is 0 Å². The number of benzene rings is 1. The molecule has 0 radical (unpaired) electrons. The lowest BCUT2D eigenvalue weighted by Crippen LogP contribution is -2.06. The van der Waals surface area contributed by atoms with Crippen molar-refractivity contribution < 1.29 is 9.13 Å². The number of anilines is 1. The number of aryl methyl sites for hydroxylation is 1. The van der Waals surface area contributed by atoms with Crippen LogP contribution < -0.4 is 10.5 Å². The van der Waals surface area contributed by atoms with E-state index in [-0.39, 0.29) is 11.7 Å². The normalized spacial score (nSPS) is 10.9. The first kappa shape index (κ1) is 14.2. The molecule has 0 aliphatic heterocycles. The van der Waals surface area contributed by atoms with Crippen LogP contribution in [0.4, 0.5) is 10.2 Å². The van der Waals surface area contributed by atoms with E-state index in [9.17, 15) is 4.39 Å². The summed E-state index contributed by atoms with van der Waals surface area (Å²) in [4.78, 5) is 8.70. The van der Waals surface area contributed by atoms with Crippen LogP contribution in [-0.4, -0.2) is 17.1 Å². The van der Waals surface area contributed by atoms with Gasteiger partial charge in [-0.15, -0.1) is 0 Å². The highest BCUT2D eigenvalue weighted by molar-refractivity contribution is 5.60. The van der Waals surface area contributed by atoms with E-state index in [2.05, 4.69) is 9.97 Å². The second-order valence-electron chi connectivity index (χ2n) is 4.94. The summed E-state index contributed by atoms with van der Waals surface area (Å²) in [6.45, 7) is 5.96. The fourth-order valence-electron chi connectivity index (χ4n) is 2.25. The predicted octanol–water partition coefficient (Wildman–Crippen LogP) is 3.31. The fraction of sp³-hybridized carbons (Fsp3) is 0.333. The Bertz CT molecular complexity index is 618. The van der Waals surface area contributed by atoms with Gasteiger partial charge in [0.1, 0.15) is 5.82 Å². The number of rotatable bonds is 3. The molecule has 0 bridgehead atoms. The van der Waals surface area contributed by atoms with E-state index in [1.54, 1.807) is 12.1 Å². The largest absolute Gasteiger partial charge is 0.494 e. The Balaban J connectivity index is 2.51. The fourth-order valence-corrected chi connectivity index (χ4v) is 2.25. The monoisotopic (exact) mass is 275 g/mol. The zero-order valence-electron chi connectivity index (χ0n) is 12.1. The highest BCUT2D eigenvalue weighted by atomic mass is 19.1. The summed E-state index contributed by atoms with van der Waals surface area (Å²) in [6.07, 6.45) is 0. The van der Waals surface area contributed by atoms with Crippen molar-refractivity contribution >= 4 is 5.82 Å². The van der Waals surface area contributed by atoms with E-state index < -0.39 is 5.82 Å². The van der Waals surface area contributed by atoms with Gasteiger partial charge >= 0.3 is 0 Å². The Morgan fingerprint density at radius 2 is 1.95 bits per heavy atom. The molecule has 0 amide bonds. The number of hydrogen-bond donors (Lipinski definition) is 1. The van der Waals surface area contributed by atoms with Gasteiger partial charge in [0.25, 0.3) is 0 Å². The molecule has 4 nitrogen and oxygen atoms in total. The minimum Gasteiger partial charge on any atom is -0.494 e. The van der Waals surface area contributed by atoms with Crippen LogP contribution in [0.3, 0.4) is 0 Å². The number of nitrogens with two attached hydrogens (primary N) is 1. The molecule has 106 valence electrons. The summed E-state index contributed by atoms with van der Waals surface area (Å²) in [5, 5.41) is 0. The van der Waals surface area contributed by atoms with E-state index in [0.717, 1.165) is 11.3 Å². The van der Waals surface area contributed by atoms with Crippen LogP contribution in [0, 0.1) is 12.7 Å². The van der Waals surface area contributed by atoms with Gasteiger partial charge in [0.2, 0.25) is 0 Å². The van der Waals surface area contributed by atoms with Crippen molar-refractivity contribution in [3.05, 3.63) is 35.3 Å². The molecule has 2 N–H and O–H groups in total. The molecule has 1 heterocycles. The first-order chi connectivity index (χ1) is 9.43. The molecule has 0 aliphatic rings. The van der Waals surface area contributed by atoms with Gasteiger partial charge in [-0.1, -0.05) is 13.8 Å². The van der Waals surface area contributed by atoms with E-state index >= 15 is 0 Å². The summed E-state index contributed by atoms with van der Waals surface area (Å²) in [7, 11) is 1.42. The molecule has 0 spiro atoms. The van der Waals surface area contributed by atoms with Crippen LogP contribution in [0.15, 0.2) is 18.2 Å². The number of hydrogen-bond acceptors (Lipinski definition) is 4. The zero-order valence-corrected chi connectivity index (χ0v) is 12.1. The lowest BCUT2D eigenvalue weighted by molar-refractivity contribution is 0.386. The maximum absolute atomic E-state index is 13.7. The van der Waals surface area contributed by atoms with Gasteiger partial charge in [-0.3, -0.25) is 0 Å². The first-order valence-corrected chi connectivity index (χ1v) is 6.42. The molecule has 5 heteroatoms. The molecule has 0 unspecified atom stereocenters. The highest BCUT2D eigenvalue weighted by Gasteiger charge is 2.14. The van der Waals surface area contributed by atoms with Crippen LogP contribution in [0.25, 0.3) is 11.4 Å². The van der Waals surface area contributed by atoms with E-state index in [1.165, 1.54) is 13.2 Å². The van der Waals surface area contributed by atoms with Crippen LogP contribution in [0.1, 0.15) is 31.0 Å². The minimum atomic E-state index is -0.447. The van der Waals surface area contributed by atoms with Gasteiger partial charge in [-0.25, -0.2) is 14.4 Å². The third-order valence-electron chi connectivity index (χ3n) is 3.15. The van der Waals surface area contributed by atoms with Crippen LogP contribution >= 0.6 is 0 Å². The molecular weight excluding hydrogens is 257 g/mol. The number of aromatic nitrogens is 2. The quantitative estimate of drug-likeness (QED) is 0.933. The van der Waals surface area contributed by atoms with Gasteiger partial charge in [0.05, 0.1) is 7.11 Å². The van der Waals surface area contributed by atoms with E-state index in [1.807, 2.05) is 20.8 Å². The van der Waals surface area contributed by atoms with E-state index in [0.29, 0.717) is 17.2 Å². The lowest BCUT2D eigenvalue weighted by atomic mass is 10.0. The number of methoxy groups -OCH3 is 1. The standard InChI is InChI=1S/C15H18FN3O/c1-8(2)13-9(3)18-15(19-14(13)17)10-5-6-12(20-4)11(16)7-10/h5-8H,1-4H3,(H2,17,18,19). The van der Waals surface area contributed by atoms with Crippen molar-refractivity contribution in [1.82, 2.24) is 9.97 Å². The molecule has 0 saturated carbocycles. The molecule has 20 heavy (non-hydrogen) atoms. The van der Waals surface area contributed by atoms with Gasteiger partial charge in [-0.05, 0) is 31.0 Å². The Labute approximate surface area is 117 Å². The molecule has 1 aromatic heterocycles. The molecule has 2 aromatic rings. The van der Waals surface area contributed by atoms with Gasteiger partial charge in [-0.2, -0.15) is 0 Å². The highest BCUT2D eigenvalue weighted by Crippen LogP contribution is 2.28. The number of nitrogen functional groups attached to an aromatic ring is 1. The maximum atomic E-state index is 13.7. The van der Waals surface area contributed by atoms with Crippen LogP contribution in [-0.2, 0) is 0 Å². The van der Waals surface area contributed by atoms with Crippen molar-refractivity contribution in [2.45, 2.75) is 26.7 Å². The number of halogens is 1. The lowest BCUT2D eigenvalue weighted by Gasteiger charge is -2.13. The summed E-state index contributed by atoms with van der Waals surface area (Å²) in [6, 6.07) is 4.61. The van der Waals surface area contributed by atoms with E-state index in [4.69, 9.17) is 10.5 Å². The van der Waals surface area contributed by atoms with Gasteiger partial charge in [0, 0.05) is 16.8 Å². The molecule has 1 aromatic carbocycles. The third kappa shape index (κ3) is 2.57. The molecule has 0 saturated heterocycles. The third-order valence-corrected chi connectivity index (χ3v) is 3.15. The van der Waals surface area contributed by atoms with Crippen LogP contribution in [0.5, 0.6) is 5.75 Å². The summed E-state index contributed by atoms with van der Waals surface area (Å²) >= 11 is 0. The van der Waals surface area contributed by atoms with Crippen molar-refractivity contribution in [3.63, 3.8) is 0 Å². The Morgan fingerprint density at radius 3 is 2.45 bits per heavy atom. The Kier molecular flexibility index (Phi) is 3.88. The minimum absolute atomic E-state index is 0.192. The number of nitrogens with zero attached hydrogens (tertiary/aromatic N) is 2. The predicted molar refractivity (Wildman–Crippen MR) is 77.2 cm³/mol. The summed E-state index contributed by atoms with van der Waals surface area (Å²) in [5.41, 5.74) is 8.31. The molecule has 0 atom stereocenters. The average molecular weight is 275 g/mol. The molecule has 0 aliphatic carbocycles. The first-order valence-electron chi connectivity index (χ1n) is 6.42. The maximum Gasteiger partial charge on any atom is 0.165 e. The van der Waals surface area contributed by atoms with Gasteiger partial charge < -0.3 is 10.5 Å².